The summed E-state index contributed by atoms with van der Waals surface area (Å²) in [6.45, 7) is -0.233. The van der Waals surface area contributed by atoms with Gasteiger partial charge in [-0.2, -0.15) is 0 Å². The van der Waals surface area contributed by atoms with E-state index in [0.717, 1.165) is 0 Å². The first-order valence-corrected chi connectivity index (χ1v) is 2.96. The number of hydrogen-bond acceptors (Lipinski definition) is 2. The van der Waals surface area contributed by atoms with E-state index in [-0.39, 0.29) is 6.61 Å². The lowest BCUT2D eigenvalue weighted by Crippen LogP contribution is -2.72. The fourth-order valence-electron chi connectivity index (χ4n) is 0.669. The van der Waals surface area contributed by atoms with Crippen molar-refractivity contribution in [3.8, 4) is 0 Å². The van der Waals surface area contributed by atoms with Crippen molar-refractivity contribution in [1.29, 1.82) is 0 Å². The summed E-state index contributed by atoms with van der Waals surface area (Å²) in [5.74, 6) is -0.443. The van der Waals surface area contributed by atoms with Gasteiger partial charge in [0.25, 0.3) is 0 Å². The van der Waals surface area contributed by atoms with E-state index in [4.69, 9.17) is 31.4 Å². The molecule has 0 aromatic carbocycles. The first kappa shape index (κ1) is 8.78. The van der Waals surface area contributed by atoms with Crippen molar-refractivity contribution in [3.05, 3.63) is 0 Å². The molecule has 1 N–H and O–H groups in total. The van der Waals surface area contributed by atoms with Crippen molar-refractivity contribution in [2.45, 2.75) is 10.7 Å². The van der Waals surface area contributed by atoms with Crippen molar-refractivity contribution >= 4 is 37.3 Å². The van der Waals surface area contributed by atoms with E-state index in [9.17, 15) is 4.79 Å². The highest BCUT2D eigenvalue weighted by Crippen LogP contribution is 2.17. The van der Waals surface area contributed by atoms with Gasteiger partial charge in [-0.15, -0.1) is 0 Å². The molecule has 1 heterocycles. The predicted octanol–water partition coefficient (Wildman–Crippen LogP) is -2.89. The van der Waals surface area contributed by atoms with Crippen LogP contribution in [0.5, 0.6) is 0 Å². The highest BCUT2D eigenvalue weighted by atomic mass is 16.5. The predicted molar refractivity (Wildman–Crippen MR) is 42.6 cm³/mol. The number of rotatable bonds is 0. The topological polar surface area (TPSA) is 38.3 Å². The summed E-state index contributed by atoms with van der Waals surface area (Å²) in [4.78, 5) is 10.7. The molecule has 48 valence electrons. The molecular formula is C4H3B4NO2. The summed E-state index contributed by atoms with van der Waals surface area (Å²) in [5.41, 5.74) is 0. The maximum Gasteiger partial charge on any atom is 0.245 e. The third-order valence-corrected chi connectivity index (χ3v) is 1.43. The molecule has 0 aromatic heterocycles. The smallest absolute Gasteiger partial charge is 0.245 e. The minimum atomic E-state index is -1.72. The Morgan fingerprint density at radius 3 is 2.27 bits per heavy atom. The van der Waals surface area contributed by atoms with Gasteiger partial charge >= 0.3 is 0 Å². The van der Waals surface area contributed by atoms with E-state index in [0.29, 0.717) is 0 Å². The standard InChI is InChI=1S/C4H3B4NO2/c5-3(6)4(7,8)11-1-2(10)9-3/h1H2,(H,9,10). The molecule has 11 heavy (non-hydrogen) atoms. The number of ether oxygens (including phenoxy) is 1. The fourth-order valence-corrected chi connectivity index (χ4v) is 0.669. The lowest BCUT2D eigenvalue weighted by Gasteiger charge is -2.48. The molecule has 0 unspecified atom stereocenters. The molecule has 0 aliphatic carbocycles. The van der Waals surface area contributed by atoms with Gasteiger partial charge < -0.3 is 10.1 Å². The Morgan fingerprint density at radius 1 is 1.36 bits per heavy atom. The fraction of sp³-hybridized carbons (Fsp3) is 0.750. The molecule has 8 radical (unpaired) electrons. The molecule has 0 spiro atoms. The zero-order chi connectivity index (χ0) is 8.70. The van der Waals surface area contributed by atoms with Crippen LogP contribution in [-0.2, 0) is 9.53 Å². The van der Waals surface area contributed by atoms with Crippen molar-refractivity contribution in [1.82, 2.24) is 5.32 Å². The molecule has 0 saturated carbocycles. The monoisotopic (exact) mass is 141 g/mol. The molecule has 7 heteroatoms. The van der Waals surface area contributed by atoms with Crippen LogP contribution in [0.25, 0.3) is 0 Å². The van der Waals surface area contributed by atoms with Gasteiger partial charge in [0.15, 0.2) is 0 Å². The Balaban J connectivity index is 2.80. The lowest BCUT2D eigenvalue weighted by molar-refractivity contribution is -0.134. The van der Waals surface area contributed by atoms with Gasteiger partial charge in [-0.3, -0.25) is 4.79 Å². The number of morpholine rings is 1. The molecule has 1 aliphatic rings. The van der Waals surface area contributed by atoms with E-state index in [1.54, 1.807) is 0 Å². The summed E-state index contributed by atoms with van der Waals surface area (Å²) >= 11 is 0. The van der Waals surface area contributed by atoms with Crippen LogP contribution >= 0.6 is 0 Å². The van der Waals surface area contributed by atoms with Gasteiger partial charge in [0.2, 0.25) is 5.91 Å². The highest BCUT2D eigenvalue weighted by Gasteiger charge is 2.40. The lowest BCUT2D eigenvalue weighted by atomic mass is 9.39. The van der Waals surface area contributed by atoms with Crippen LogP contribution in [-0.4, -0.2) is 54.6 Å². The molecule has 1 amide bonds. The molecule has 0 bridgehead atoms. The SMILES string of the molecule is [B]C1([B])NC(=O)COC1([B])[B]. The quantitative estimate of drug-likeness (QED) is 0.367. The van der Waals surface area contributed by atoms with E-state index in [1.807, 2.05) is 0 Å². The van der Waals surface area contributed by atoms with Gasteiger partial charge in [0.1, 0.15) is 22.3 Å². The average Bonchev–Trinajstić information content (AvgIpc) is 1.80. The molecule has 1 saturated heterocycles. The summed E-state index contributed by atoms with van der Waals surface area (Å²) < 4.78 is 4.69. The van der Waals surface area contributed by atoms with Crippen LogP contribution in [0.15, 0.2) is 0 Å². The molecule has 0 aromatic rings. The van der Waals surface area contributed by atoms with Crippen molar-refractivity contribution in [2.75, 3.05) is 6.61 Å². The minimum absolute atomic E-state index is 0.233. The Hall–Kier alpha value is -0.310. The zero-order valence-electron chi connectivity index (χ0n) is 5.83. The number of carbonyl (C=O) groups excluding carboxylic acids is 1. The van der Waals surface area contributed by atoms with Gasteiger partial charge in [-0.05, 0) is 10.7 Å². The van der Waals surface area contributed by atoms with E-state index < -0.39 is 16.6 Å². The maximum atomic E-state index is 10.7. The Kier molecular flexibility index (Phi) is 1.87. The molecule has 1 rings (SSSR count). The van der Waals surface area contributed by atoms with E-state index in [1.165, 1.54) is 0 Å². The number of hydrogen-bond donors (Lipinski definition) is 1. The second kappa shape index (κ2) is 2.34. The van der Waals surface area contributed by atoms with Crippen molar-refractivity contribution in [2.24, 2.45) is 0 Å². The van der Waals surface area contributed by atoms with Gasteiger partial charge in [-0.25, -0.2) is 0 Å². The van der Waals surface area contributed by atoms with Crippen molar-refractivity contribution < 1.29 is 9.53 Å². The van der Waals surface area contributed by atoms with E-state index in [2.05, 4.69) is 10.1 Å². The van der Waals surface area contributed by atoms with Gasteiger partial charge in [-0.1, -0.05) is 0 Å². The average molecular weight is 140 g/mol. The van der Waals surface area contributed by atoms with Crippen LogP contribution in [0.4, 0.5) is 0 Å². The van der Waals surface area contributed by atoms with Crippen LogP contribution < -0.4 is 5.32 Å². The Labute approximate surface area is 70.3 Å². The second-order valence-electron chi connectivity index (χ2n) is 2.50. The third-order valence-electron chi connectivity index (χ3n) is 1.43. The Morgan fingerprint density at radius 2 is 1.91 bits per heavy atom. The van der Waals surface area contributed by atoms with E-state index >= 15 is 0 Å². The van der Waals surface area contributed by atoms with Gasteiger partial charge in [0, 0.05) is 0 Å². The highest BCUT2D eigenvalue weighted by molar-refractivity contribution is 6.54. The summed E-state index contributed by atoms with van der Waals surface area (Å²) in [6.07, 6.45) is 0. The Bertz CT molecular complexity index is 193. The summed E-state index contributed by atoms with van der Waals surface area (Å²) in [6, 6.07) is 0. The summed E-state index contributed by atoms with van der Waals surface area (Å²) in [7, 11) is 21.3. The number of amides is 1. The maximum absolute atomic E-state index is 10.7. The summed E-state index contributed by atoms with van der Waals surface area (Å²) in [5, 5.41) is -1.25. The number of carbonyl (C=O) groups is 1. The van der Waals surface area contributed by atoms with Gasteiger partial charge in [0.05, 0.1) is 15.7 Å². The largest absolute Gasteiger partial charge is 0.384 e. The second-order valence-corrected chi connectivity index (χ2v) is 2.50. The molecule has 1 fully saturated rings. The third kappa shape index (κ3) is 1.48. The van der Waals surface area contributed by atoms with Crippen LogP contribution in [0, 0.1) is 0 Å². The molecule has 3 nitrogen and oxygen atoms in total. The first-order valence-electron chi connectivity index (χ1n) is 2.96. The number of nitrogens with one attached hydrogen (secondary N) is 1. The molecular weight excluding hydrogens is 137 g/mol. The molecule has 1 aliphatic heterocycles. The first-order chi connectivity index (χ1) is 4.85. The van der Waals surface area contributed by atoms with Crippen molar-refractivity contribution in [3.63, 3.8) is 0 Å². The minimum Gasteiger partial charge on any atom is -0.384 e. The van der Waals surface area contributed by atoms with Crippen LogP contribution in [0.2, 0.25) is 0 Å². The normalized spacial score (nSPS) is 27.5. The molecule has 0 atom stereocenters. The zero-order valence-corrected chi connectivity index (χ0v) is 5.83. The van der Waals surface area contributed by atoms with Crippen LogP contribution in [0.3, 0.4) is 0 Å². The van der Waals surface area contributed by atoms with Crippen LogP contribution in [0.1, 0.15) is 0 Å².